The maximum Gasteiger partial charge on any atom is 0.160 e. The zero-order valence-corrected chi connectivity index (χ0v) is 12.9. The molecule has 2 aliphatic carbocycles. The van der Waals surface area contributed by atoms with Crippen molar-refractivity contribution < 1.29 is 10.2 Å². The lowest BCUT2D eigenvalue weighted by atomic mass is 9.79. The van der Waals surface area contributed by atoms with E-state index in [2.05, 4.69) is 0 Å². The summed E-state index contributed by atoms with van der Waals surface area (Å²) in [7, 11) is 0. The number of rotatable bonds is 2. The smallest absolute Gasteiger partial charge is 0.160 e. The SMILES string of the molecule is OC[C@@H]1[C@H](CO)[C@@]2(Cl)[C@@H](Cl)[C@@H](Cl)[C@@]1(Cl)C2(Cl)Cl. The summed E-state index contributed by atoms with van der Waals surface area (Å²) in [4.78, 5) is -2.73. The lowest BCUT2D eigenvalue weighted by Gasteiger charge is -2.40. The van der Waals surface area contributed by atoms with E-state index >= 15 is 0 Å². The Balaban J connectivity index is 2.63. The van der Waals surface area contributed by atoms with E-state index in [9.17, 15) is 10.2 Å². The first-order valence-corrected chi connectivity index (χ1v) is 7.35. The molecule has 0 radical (unpaired) electrons. The molecule has 0 unspecified atom stereocenters. The van der Waals surface area contributed by atoms with Gasteiger partial charge in [-0.1, -0.05) is 23.2 Å². The van der Waals surface area contributed by atoms with Gasteiger partial charge in [0.25, 0.3) is 0 Å². The fraction of sp³-hybridized carbons (Fsp3) is 1.00. The fourth-order valence-electron chi connectivity index (χ4n) is 3.05. The third-order valence-corrected chi connectivity index (χ3v) is 8.76. The Labute approximate surface area is 129 Å². The molecule has 0 aromatic heterocycles. The van der Waals surface area contributed by atoms with E-state index in [1.807, 2.05) is 0 Å². The average molecular weight is 363 g/mol. The Morgan fingerprint density at radius 3 is 1.29 bits per heavy atom. The highest BCUT2D eigenvalue weighted by Crippen LogP contribution is 2.74. The first-order chi connectivity index (χ1) is 7.71. The van der Waals surface area contributed by atoms with Crippen LogP contribution in [0.15, 0.2) is 0 Å². The fourth-order valence-corrected chi connectivity index (χ4v) is 6.53. The molecule has 0 aliphatic heterocycles. The molecule has 2 aliphatic rings. The van der Waals surface area contributed by atoms with Crippen LogP contribution in [0, 0.1) is 11.8 Å². The highest BCUT2D eigenvalue weighted by atomic mass is 35.5. The van der Waals surface area contributed by atoms with Gasteiger partial charge in [0.2, 0.25) is 0 Å². The largest absolute Gasteiger partial charge is 0.396 e. The average Bonchev–Trinajstić information content (AvgIpc) is 2.48. The van der Waals surface area contributed by atoms with Crippen LogP contribution in [-0.2, 0) is 0 Å². The van der Waals surface area contributed by atoms with Gasteiger partial charge < -0.3 is 10.2 Å². The van der Waals surface area contributed by atoms with E-state index in [-0.39, 0.29) is 13.2 Å². The number of hydrogen-bond donors (Lipinski definition) is 2. The van der Waals surface area contributed by atoms with Crippen molar-refractivity contribution in [1.82, 2.24) is 0 Å². The molecule has 2 bridgehead atoms. The van der Waals surface area contributed by atoms with Crippen molar-refractivity contribution in [3.05, 3.63) is 0 Å². The van der Waals surface area contributed by atoms with Crippen LogP contribution >= 0.6 is 69.6 Å². The van der Waals surface area contributed by atoms with Crippen molar-refractivity contribution in [2.45, 2.75) is 24.8 Å². The van der Waals surface area contributed by atoms with Crippen LogP contribution in [0.3, 0.4) is 0 Å². The van der Waals surface area contributed by atoms with Gasteiger partial charge in [-0.3, -0.25) is 0 Å². The van der Waals surface area contributed by atoms with Gasteiger partial charge in [0, 0.05) is 25.0 Å². The highest BCUT2D eigenvalue weighted by Gasteiger charge is 2.85. The van der Waals surface area contributed by atoms with Crippen LogP contribution in [0.1, 0.15) is 0 Å². The first-order valence-electron chi connectivity index (χ1n) is 4.96. The number of halogens is 6. The van der Waals surface area contributed by atoms with Crippen molar-refractivity contribution in [1.29, 1.82) is 0 Å². The molecule has 6 atom stereocenters. The summed E-state index contributed by atoms with van der Waals surface area (Å²) in [6, 6.07) is 0. The summed E-state index contributed by atoms with van der Waals surface area (Å²) in [5, 5.41) is 17.3. The predicted molar refractivity (Wildman–Crippen MR) is 72.0 cm³/mol. The molecule has 2 N–H and O–H groups in total. The van der Waals surface area contributed by atoms with Gasteiger partial charge in [-0.15, -0.1) is 46.4 Å². The van der Waals surface area contributed by atoms with Crippen LogP contribution in [0.2, 0.25) is 0 Å². The molecule has 8 heteroatoms. The van der Waals surface area contributed by atoms with Gasteiger partial charge >= 0.3 is 0 Å². The molecule has 2 nitrogen and oxygen atoms in total. The van der Waals surface area contributed by atoms with E-state index in [0.29, 0.717) is 0 Å². The number of fused-ring (bicyclic) bond motifs is 2. The number of alkyl halides is 6. The van der Waals surface area contributed by atoms with Crippen molar-refractivity contribution in [2.75, 3.05) is 13.2 Å². The molecule has 100 valence electrons. The molecule has 0 aromatic carbocycles. The monoisotopic (exact) mass is 360 g/mol. The maximum atomic E-state index is 9.43. The van der Waals surface area contributed by atoms with Gasteiger partial charge in [-0.25, -0.2) is 0 Å². The molecule has 2 rings (SSSR count). The minimum atomic E-state index is -1.62. The number of aliphatic hydroxyl groups excluding tert-OH is 2. The Kier molecular flexibility index (Phi) is 3.83. The van der Waals surface area contributed by atoms with Gasteiger partial charge in [0.05, 0.1) is 10.8 Å². The summed E-state index contributed by atoms with van der Waals surface area (Å²) >= 11 is 37.7. The minimum Gasteiger partial charge on any atom is -0.396 e. The van der Waals surface area contributed by atoms with E-state index in [4.69, 9.17) is 69.6 Å². The van der Waals surface area contributed by atoms with Crippen molar-refractivity contribution >= 4 is 69.6 Å². The van der Waals surface area contributed by atoms with Crippen LogP contribution in [0.5, 0.6) is 0 Å². The first kappa shape index (κ1) is 15.1. The number of aliphatic hydroxyl groups is 2. The molecular weight excluding hydrogens is 353 g/mol. The standard InChI is InChI=1S/C9H10Cl6O2/c10-5-6(11)8(13)4(2-17)3(1-16)7(5,12)9(8,14)15/h3-6,16-17H,1-2H2/t3-,4+,5-,6+,7-,8-/m1/s1. The molecule has 17 heavy (non-hydrogen) atoms. The van der Waals surface area contributed by atoms with E-state index in [1.165, 1.54) is 0 Å². The van der Waals surface area contributed by atoms with Gasteiger partial charge in [0.1, 0.15) is 9.75 Å². The minimum absolute atomic E-state index is 0.322. The molecule has 2 saturated carbocycles. The quantitative estimate of drug-likeness (QED) is 0.741. The third-order valence-electron chi connectivity index (χ3n) is 3.98. The normalized spacial score (nSPS) is 56.5. The van der Waals surface area contributed by atoms with Gasteiger partial charge in [0.15, 0.2) is 4.33 Å². The Hall–Kier alpha value is 1.66. The second-order valence-electron chi connectivity index (χ2n) is 4.49. The van der Waals surface area contributed by atoms with Crippen molar-refractivity contribution in [2.24, 2.45) is 11.8 Å². The summed E-state index contributed by atoms with van der Waals surface area (Å²) in [5.74, 6) is -1.22. The zero-order valence-electron chi connectivity index (χ0n) is 8.39. The van der Waals surface area contributed by atoms with Crippen molar-refractivity contribution in [3.63, 3.8) is 0 Å². The Bertz CT molecular complexity index is 309. The van der Waals surface area contributed by atoms with Crippen LogP contribution in [0.25, 0.3) is 0 Å². The third kappa shape index (κ3) is 1.40. The Morgan fingerprint density at radius 1 is 0.765 bits per heavy atom. The van der Waals surface area contributed by atoms with E-state index in [1.54, 1.807) is 0 Å². The summed E-state index contributed by atoms with van der Waals surface area (Å²) in [5.41, 5.74) is 0. The van der Waals surface area contributed by atoms with Crippen LogP contribution < -0.4 is 0 Å². The summed E-state index contributed by atoms with van der Waals surface area (Å²) in [6.07, 6.45) is 0. The Morgan fingerprint density at radius 2 is 1.06 bits per heavy atom. The van der Waals surface area contributed by atoms with Gasteiger partial charge in [-0.05, 0) is 0 Å². The lowest BCUT2D eigenvalue weighted by Crippen LogP contribution is -2.52. The molecule has 0 heterocycles. The van der Waals surface area contributed by atoms with Crippen LogP contribution in [0.4, 0.5) is 0 Å². The molecule has 2 fully saturated rings. The lowest BCUT2D eigenvalue weighted by molar-refractivity contribution is 0.0953. The molecular formula is C9H10Cl6O2. The predicted octanol–water partition coefficient (Wildman–Crippen LogP) is 2.57. The second kappa shape index (κ2) is 4.33. The van der Waals surface area contributed by atoms with Gasteiger partial charge in [-0.2, -0.15) is 0 Å². The molecule has 0 saturated heterocycles. The van der Waals surface area contributed by atoms with Crippen molar-refractivity contribution in [3.8, 4) is 0 Å². The molecule has 0 aromatic rings. The van der Waals surface area contributed by atoms with E-state index < -0.39 is 36.7 Å². The topological polar surface area (TPSA) is 40.5 Å². The highest BCUT2D eigenvalue weighted by molar-refractivity contribution is 6.62. The molecule has 0 amide bonds. The summed E-state index contributed by atoms with van der Waals surface area (Å²) < 4.78 is -1.62. The van der Waals surface area contributed by atoms with Crippen LogP contribution in [-0.4, -0.2) is 48.3 Å². The summed E-state index contributed by atoms with van der Waals surface area (Å²) in [6.45, 7) is -0.644. The zero-order chi connectivity index (χ0) is 13.2. The second-order valence-corrected chi connectivity index (χ2v) is 8.01. The molecule has 0 spiro atoms. The number of hydrogen-bond acceptors (Lipinski definition) is 2. The maximum absolute atomic E-state index is 9.43. The van der Waals surface area contributed by atoms with E-state index in [0.717, 1.165) is 0 Å².